The second-order valence-electron chi connectivity index (χ2n) is 3.34. The van der Waals surface area contributed by atoms with Crippen molar-refractivity contribution >= 4 is 0 Å². The average Bonchev–Trinajstić information content (AvgIpc) is 2.06. The molecule has 1 rings (SSSR count). The summed E-state index contributed by atoms with van der Waals surface area (Å²) >= 11 is 0. The fourth-order valence-electron chi connectivity index (χ4n) is 1.28. The van der Waals surface area contributed by atoms with E-state index in [1.54, 1.807) is 0 Å². The molecule has 0 aliphatic carbocycles. The molecule has 1 aromatic carbocycles. The molecule has 0 spiro atoms. The van der Waals surface area contributed by atoms with E-state index >= 15 is 0 Å². The van der Waals surface area contributed by atoms with Gasteiger partial charge in [-0.2, -0.15) is 0 Å². The monoisotopic (exact) mass is 160 g/mol. The second-order valence-corrected chi connectivity index (χ2v) is 3.34. The summed E-state index contributed by atoms with van der Waals surface area (Å²) in [6.45, 7) is 8.09. The Kier molecular flexibility index (Phi) is 3.09. The number of hydrogen-bond donors (Lipinski definition) is 0. The summed E-state index contributed by atoms with van der Waals surface area (Å²) in [5.41, 5.74) is 2.73. The third-order valence-electron chi connectivity index (χ3n) is 2.17. The van der Waals surface area contributed by atoms with Gasteiger partial charge in [-0.15, -0.1) is 6.58 Å². The Balaban J connectivity index is 2.74. The minimum atomic E-state index is 0.600. The van der Waals surface area contributed by atoms with Gasteiger partial charge in [0.25, 0.3) is 0 Å². The van der Waals surface area contributed by atoms with E-state index in [0.717, 1.165) is 6.42 Å². The van der Waals surface area contributed by atoms with Crippen LogP contribution in [0.4, 0.5) is 0 Å². The molecule has 0 saturated carbocycles. The Labute approximate surface area is 74.9 Å². The summed E-state index contributed by atoms with van der Waals surface area (Å²) < 4.78 is 0. The van der Waals surface area contributed by atoms with Gasteiger partial charge in [0, 0.05) is 0 Å². The predicted molar refractivity (Wildman–Crippen MR) is 54.4 cm³/mol. The van der Waals surface area contributed by atoms with Crippen LogP contribution >= 0.6 is 0 Å². The van der Waals surface area contributed by atoms with Crippen molar-refractivity contribution in [1.29, 1.82) is 0 Å². The maximum Gasteiger partial charge on any atom is -0.0156 e. The summed E-state index contributed by atoms with van der Waals surface area (Å²) in [7, 11) is 0. The van der Waals surface area contributed by atoms with E-state index in [-0.39, 0.29) is 0 Å². The van der Waals surface area contributed by atoms with E-state index in [4.69, 9.17) is 0 Å². The number of benzene rings is 1. The maximum atomic E-state index is 3.74. The molecule has 0 heteroatoms. The number of hydrogen-bond acceptors (Lipinski definition) is 0. The average molecular weight is 160 g/mol. The van der Waals surface area contributed by atoms with E-state index in [0.29, 0.717) is 5.92 Å². The van der Waals surface area contributed by atoms with Crippen molar-refractivity contribution in [3.63, 3.8) is 0 Å². The predicted octanol–water partition coefficient (Wildman–Crippen LogP) is 3.67. The van der Waals surface area contributed by atoms with Crippen LogP contribution in [0.2, 0.25) is 0 Å². The first-order valence-corrected chi connectivity index (χ1v) is 4.41. The molecular formula is C12H16. The largest absolute Gasteiger partial charge is 0.103 e. The summed E-state index contributed by atoms with van der Waals surface area (Å²) in [6.07, 6.45) is 3.04. The van der Waals surface area contributed by atoms with E-state index in [1.807, 2.05) is 6.08 Å². The van der Waals surface area contributed by atoms with Crippen LogP contribution < -0.4 is 0 Å². The van der Waals surface area contributed by atoms with E-state index in [2.05, 4.69) is 44.7 Å². The highest BCUT2D eigenvalue weighted by Gasteiger charge is 2.01. The SMILES string of the molecule is C=CC[C@H](C)c1ccc(C)cc1. The molecule has 0 radical (unpaired) electrons. The molecule has 1 atom stereocenters. The van der Waals surface area contributed by atoms with Gasteiger partial charge in [-0.25, -0.2) is 0 Å². The second kappa shape index (κ2) is 4.10. The van der Waals surface area contributed by atoms with Crippen molar-refractivity contribution in [3.05, 3.63) is 48.0 Å². The molecule has 1 aromatic rings. The maximum absolute atomic E-state index is 3.74. The van der Waals surface area contributed by atoms with E-state index < -0.39 is 0 Å². The van der Waals surface area contributed by atoms with Crippen molar-refractivity contribution in [2.45, 2.75) is 26.2 Å². The van der Waals surface area contributed by atoms with Gasteiger partial charge in [0.1, 0.15) is 0 Å². The number of aryl methyl sites for hydroxylation is 1. The van der Waals surface area contributed by atoms with Crippen molar-refractivity contribution < 1.29 is 0 Å². The lowest BCUT2D eigenvalue weighted by Crippen LogP contribution is -1.90. The minimum absolute atomic E-state index is 0.600. The van der Waals surface area contributed by atoms with Crippen LogP contribution in [0.15, 0.2) is 36.9 Å². The summed E-state index contributed by atoms with van der Waals surface area (Å²) in [4.78, 5) is 0. The van der Waals surface area contributed by atoms with Crippen molar-refractivity contribution in [1.82, 2.24) is 0 Å². The Morgan fingerprint density at radius 1 is 1.33 bits per heavy atom. The lowest BCUT2D eigenvalue weighted by Gasteiger charge is -2.08. The fraction of sp³-hybridized carbons (Fsp3) is 0.333. The van der Waals surface area contributed by atoms with Crippen LogP contribution in [0.3, 0.4) is 0 Å². The molecule has 0 nitrogen and oxygen atoms in total. The Morgan fingerprint density at radius 3 is 2.42 bits per heavy atom. The van der Waals surface area contributed by atoms with Gasteiger partial charge in [0.05, 0.1) is 0 Å². The minimum Gasteiger partial charge on any atom is -0.103 e. The molecule has 0 aromatic heterocycles. The standard InChI is InChI=1S/C12H16/c1-4-5-11(3)12-8-6-10(2)7-9-12/h4,6-9,11H,1,5H2,2-3H3/t11-/m0/s1. The highest BCUT2D eigenvalue weighted by atomic mass is 14.1. The van der Waals surface area contributed by atoms with Gasteiger partial charge in [0.15, 0.2) is 0 Å². The first-order chi connectivity index (χ1) is 5.74. The Morgan fingerprint density at radius 2 is 1.92 bits per heavy atom. The molecule has 0 bridgehead atoms. The van der Waals surface area contributed by atoms with Crippen LogP contribution in [0.5, 0.6) is 0 Å². The van der Waals surface area contributed by atoms with Gasteiger partial charge >= 0.3 is 0 Å². The topological polar surface area (TPSA) is 0 Å². The quantitative estimate of drug-likeness (QED) is 0.592. The highest BCUT2D eigenvalue weighted by molar-refractivity contribution is 5.24. The first-order valence-electron chi connectivity index (χ1n) is 4.41. The Bertz CT molecular complexity index is 243. The smallest absolute Gasteiger partial charge is 0.0156 e. The van der Waals surface area contributed by atoms with Gasteiger partial charge in [-0.3, -0.25) is 0 Å². The van der Waals surface area contributed by atoms with E-state index in [1.165, 1.54) is 11.1 Å². The summed E-state index contributed by atoms with van der Waals surface area (Å²) in [5, 5.41) is 0. The molecular weight excluding hydrogens is 144 g/mol. The molecule has 0 aliphatic heterocycles. The highest BCUT2D eigenvalue weighted by Crippen LogP contribution is 2.19. The molecule has 0 heterocycles. The first kappa shape index (κ1) is 9.05. The molecule has 0 fully saturated rings. The number of rotatable bonds is 3. The molecule has 0 saturated heterocycles. The van der Waals surface area contributed by atoms with Crippen LogP contribution in [0.1, 0.15) is 30.4 Å². The van der Waals surface area contributed by atoms with Crippen LogP contribution in [0, 0.1) is 6.92 Å². The molecule has 0 aliphatic rings. The molecule has 0 unspecified atom stereocenters. The molecule has 12 heavy (non-hydrogen) atoms. The zero-order chi connectivity index (χ0) is 8.97. The molecule has 0 N–H and O–H groups in total. The normalized spacial score (nSPS) is 12.5. The number of allylic oxidation sites excluding steroid dienone is 1. The van der Waals surface area contributed by atoms with Crippen molar-refractivity contribution in [3.8, 4) is 0 Å². The van der Waals surface area contributed by atoms with Gasteiger partial charge < -0.3 is 0 Å². The summed E-state index contributed by atoms with van der Waals surface area (Å²) in [5.74, 6) is 0.600. The third-order valence-corrected chi connectivity index (χ3v) is 2.17. The Hall–Kier alpha value is -1.04. The van der Waals surface area contributed by atoms with Crippen LogP contribution in [0.25, 0.3) is 0 Å². The zero-order valence-electron chi connectivity index (χ0n) is 7.88. The van der Waals surface area contributed by atoms with Crippen molar-refractivity contribution in [2.24, 2.45) is 0 Å². The fourth-order valence-corrected chi connectivity index (χ4v) is 1.28. The molecule has 0 amide bonds. The third kappa shape index (κ3) is 2.23. The lowest BCUT2D eigenvalue weighted by atomic mass is 9.97. The van der Waals surface area contributed by atoms with Gasteiger partial charge in [-0.05, 0) is 24.8 Å². The van der Waals surface area contributed by atoms with Crippen LogP contribution in [-0.4, -0.2) is 0 Å². The molecule has 64 valence electrons. The van der Waals surface area contributed by atoms with Gasteiger partial charge in [-0.1, -0.05) is 42.8 Å². The van der Waals surface area contributed by atoms with Crippen LogP contribution in [-0.2, 0) is 0 Å². The zero-order valence-corrected chi connectivity index (χ0v) is 7.88. The lowest BCUT2D eigenvalue weighted by molar-refractivity contribution is 0.781. The van der Waals surface area contributed by atoms with Crippen molar-refractivity contribution in [2.75, 3.05) is 0 Å². The van der Waals surface area contributed by atoms with Gasteiger partial charge in [0.2, 0.25) is 0 Å². The van der Waals surface area contributed by atoms with E-state index in [9.17, 15) is 0 Å². The summed E-state index contributed by atoms with van der Waals surface area (Å²) in [6, 6.07) is 8.72.